The Morgan fingerprint density at radius 2 is 2.09 bits per heavy atom. The lowest BCUT2D eigenvalue weighted by Gasteiger charge is -2.25. The van der Waals surface area contributed by atoms with Crippen LogP contribution >= 0.6 is 0 Å². The van der Waals surface area contributed by atoms with Crippen LogP contribution in [0.15, 0.2) is 18.3 Å². The van der Waals surface area contributed by atoms with Crippen LogP contribution in [0.4, 0.5) is 5.82 Å². The van der Waals surface area contributed by atoms with Crippen molar-refractivity contribution in [3.8, 4) is 0 Å². The molecule has 1 saturated carbocycles. The van der Waals surface area contributed by atoms with E-state index in [2.05, 4.69) is 15.2 Å². The van der Waals surface area contributed by atoms with Crippen LogP contribution in [0.25, 0.3) is 0 Å². The highest BCUT2D eigenvalue weighted by Gasteiger charge is 2.21. The van der Waals surface area contributed by atoms with Crippen LogP contribution in [0.2, 0.25) is 0 Å². The van der Waals surface area contributed by atoms with Gasteiger partial charge in [-0.1, -0.05) is 6.42 Å². The van der Waals surface area contributed by atoms with E-state index in [4.69, 9.17) is 0 Å². The van der Waals surface area contributed by atoms with Gasteiger partial charge in [-0.15, -0.1) is 0 Å². The van der Waals surface area contributed by atoms with Crippen LogP contribution in [0.5, 0.6) is 0 Å². The molecule has 2 N–H and O–H groups in total. The molecule has 0 radical (unpaired) electrons. The van der Waals surface area contributed by atoms with Gasteiger partial charge in [-0.05, 0) is 50.2 Å². The van der Waals surface area contributed by atoms with Gasteiger partial charge >= 0.3 is 0 Å². The SMILES string of the molecule is O=C(NCC1CCCC(O)C1)c1ccc(N2CCCC2)nc1. The van der Waals surface area contributed by atoms with Gasteiger partial charge in [0.05, 0.1) is 11.7 Å². The molecule has 1 saturated heterocycles. The van der Waals surface area contributed by atoms with E-state index in [-0.39, 0.29) is 12.0 Å². The first-order valence-electron chi connectivity index (χ1n) is 8.39. The second kappa shape index (κ2) is 7.09. The first kappa shape index (κ1) is 15.3. The number of nitrogens with zero attached hydrogens (tertiary/aromatic N) is 2. The highest BCUT2D eigenvalue weighted by molar-refractivity contribution is 5.94. The summed E-state index contributed by atoms with van der Waals surface area (Å²) in [5.74, 6) is 1.29. The van der Waals surface area contributed by atoms with Gasteiger partial charge < -0.3 is 15.3 Å². The van der Waals surface area contributed by atoms with E-state index in [1.165, 1.54) is 12.8 Å². The molecule has 2 unspecified atom stereocenters. The Balaban J connectivity index is 1.51. The number of aliphatic hydroxyl groups is 1. The molecule has 2 fully saturated rings. The van der Waals surface area contributed by atoms with Gasteiger partial charge in [0, 0.05) is 25.8 Å². The molecule has 2 aliphatic rings. The van der Waals surface area contributed by atoms with Crippen molar-refractivity contribution in [2.45, 2.75) is 44.6 Å². The number of rotatable bonds is 4. The summed E-state index contributed by atoms with van der Waals surface area (Å²) >= 11 is 0. The van der Waals surface area contributed by atoms with Gasteiger partial charge in [-0.2, -0.15) is 0 Å². The first-order valence-corrected chi connectivity index (χ1v) is 8.39. The third-order valence-corrected chi connectivity index (χ3v) is 4.75. The maximum absolute atomic E-state index is 12.2. The van der Waals surface area contributed by atoms with Crippen LogP contribution < -0.4 is 10.2 Å². The number of amides is 1. The summed E-state index contributed by atoms with van der Waals surface area (Å²) in [6.07, 6.45) is 7.74. The van der Waals surface area contributed by atoms with Gasteiger partial charge in [-0.3, -0.25) is 4.79 Å². The largest absolute Gasteiger partial charge is 0.393 e. The summed E-state index contributed by atoms with van der Waals surface area (Å²) < 4.78 is 0. The minimum absolute atomic E-state index is 0.0689. The van der Waals surface area contributed by atoms with E-state index in [1.807, 2.05) is 12.1 Å². The van der Waals surface area contributed by atoms with Crippen molar-refractivity contribution >= 4 is 11.7 Å². The summed E-state index contributed by atoms with van der Waals surface area (Å²) in [6, 6.07) is 3.79. The monoisotopic (exact) mass is 303 g/mol. The van der Waals surface area contributed by atoms with Crippen molar-refractivity contribution in [1.82, 2.24) is 10.3 Å². The molecule has 5 nitrogen and oxygen atoms in total. The maximum atomic E-state index is 12.2. The van der Waals surface area contributed by atoms with Crippen LogP contribution in [0.3, 0.4) is 0 Å². The van der Waals surface area contributed by atoms with Crippen molar-refractivity contribution in [3.63, 3.8) is 0 Å². The Bertz CT molecular complexity index is 497. The number of hydrogen-bond acceptors (Lipinski definition) is 4. The quantitative estimate of drug-likeness (QED) is 0.892. The van der Waals surface area contributed by atoms with E-state index in [0.29, 0.717) is 18.0 Å². The zero-order valence-electron chi connectivity index (χ0n) is 13.0. The zero-order chi connectivity index (χ0) is 15.4. The average Bonchev–Trinajstić information content (AvgIpc) is 3.07. The fourth-order valence-electron chi connectivity index (χ4n) is 3.44. The molecule has 3 rings (SSSR count). The Hall–Kier alpha value is -1.62. The van der Waals surface area contributed by atoms with Gasteiger partial charge in [0.15, 0.2) is 0 Å². The van der Waals surface area contributed by atoms with E-state index < -0.39 is 0 Å². The Morgan fingerprint density at radius 1 is 1.27 bits per heavy atom. The average molecular weight is 303 g/mol. The third-order valence-electron chi connectivity index (χ3n) is 4.75. The number of aliphatic hydroxyl groups excluding tert-OH is 1. The number of carbonyl (C=O) groups excluding carboxylic acids is 1. The van der Waals surface area contributed by atoms with Crippen LogP contribution in [-0.2, 0) is 0 Å². The summed E-state index contributed by atoms with van der Waals surface area (Å²) in [4.78, 5) is 18.8. The van der Waals surface area contributed by atoms with Gasteiger partial charge in [0.1, 0.15) is 5.82 Å². The van der Waals surface area contributed by atoms with Gasteiger partial charge in [0.2, 0.25) is 0 Å². The molecule has 1 aliphatic carbocycles. The van der Waals surface area contributed by atoms with Gasteiger partial charge in [0.25, 0.3) is 5.91 Å². The topological polar surface area (TPSA) is 65.5 Å². The lowest BCUT2D eigenvalue weighted by atomic mass is 9.87. The van der Waals surface area contributed by atoms with Crippen molar-refractivity contribution in [2.24, 2.45) is 5.92 Å². The van der Waals surface area contributed by atoms with Crippen molar-refractivity contribution in [3.05, 3.63) is 23.9 Å². The Kier molecular flexibility index (Phi) is 4.93. The number of nitrogens with one attached hydrogen (secondary N) is 1. The summed E-state index contributed by atoms with van der Waals surface area (Å²) in [5, 5.41) is 12.6. The number of anilines is 1. The van der Waals surface area contributed by atoms with E-state index in [9.17, 15) is 9.90 Å². The molecule has 22 heavy (non-hydrogen) atoms. The highest BCUT2D eigenvalue weighted by atomic mass is 16.3. The van der Waals surface area contributed by atoms with E-state index in [0.717, 1.165) is 44.6 Å². The molecule has 5 heteroatoms. The molecule has 1 aliphatic heterocycles. The standard InChI is InChI=1S/C17H25N3O2/c21-15-5-3-4-13(10-15)11-19-17(22)14-6-7-16(18-12-14)20-8-1-2-9-20/h6-7,12-13,15,21H,1-5,8-11H2,(H,19,22). The van der Waals surface area contributed by atoms with Crippen LogP contribution in [0, 0.1) is 5.92 Å². The van der Waals surface area contributed by atoms with Crippen molar-refractivity contribution in [2.75, 3.05) is 24.5 Å². The van der Waals surface area contributed by atoms with Crippen molar-refractivity contribution < 1.29 is 9.90 Å². The summed E-state index contributed by atoms with van der Waals surface area (Å²) in [5.41, 5.74) is 0.610. The molecular formula is C17H25N3O2. The van der Waals surface area contributed by atoms with Crippen molar-refractivity contribution in [1.29, 1.82) is 0 Å². The normalized spacial score (nSPS) is 25.2. The van der Waals surface area contributed by atoms with Crippen LogP contribution in [-0.4, -0.2) is 41.7 Å². The molecule has 1 amide bonds. The molecule has 0 aromatic carbocycles. The molecule has 0 spiro atoms. The number of pyridine rings is 1. The third kappa shape index (κ3) is 3.77. The second-order valence-corrected chi connectivity index (χ2v) is 6.50. The fourth-order valence-corrected chi connectivity index (χ4v) is 3.44. The first-order chi connectivity index (χ1) is 10.7. The highest BCUT2D eigenvalue weighted by Crippen LogP contribution is 2.23. The zero-order valence-corrected chi connectivity index (χ0v) is 13.0. The predicted molar refractivity (Wildman–Crippen MR) is 86.0 cm³/mol. The second-order valence-electron chi connectivity index (χ2n) is 6.50. The number of carbonyl (C=O) groups is 1. The summed E-state index contributed by atoms with van der Waals surface area (Å²) in [7, 11) is 0. The molecule has 1 aromatic heterocycles. The lowest BCUT2D eigenvalue weighted by molar-refractivity contribution is 0.0873. The number of hydrogen-bond donors (Lipinski definition) is 2. The Labute approximate surface area is 131 Å². The Morgan fingerprint density at radius 3 is 2.77 bits per heavy atom. The number of aromatic nitrogens is 1. The van der Waals surface area contributed by atoms with Gasteiger partial charge in [-0.25, -0.2) is 4.98 Å². The summed E-state index contributed by atoms with van der Waals surface area (Å²) in [6.45, 7) is 2.76. The smallest absolute Gasteiger partial charge is 0.252 e. The fraction of sp³-hybridized carbons (Fsp3) is 0.647. The lowest BCUT2D eigenvalue weighted by Crippen LogP contribution is -2.33. The maximum Gasteiger partial charge on any atom is 0.252 e. The molecule has 2 atom stereocenters. The predicted octanol–water partition coefficient (Wildman–Crippen LogP) is 1.96. The molecule has 0 bridgehead atoms. The minimum atomic E-state index is -0.197. The van der Waals surface area contributed by atoms with E-state index >= 15 is 0 Å². The molecule has 1 aromatic rings. The molecular weight excluding hydrogens is 278 g/mol. The molecule has 120 valence electrons. The van der Waals surface area contributed by atoms with Crippen LogP contribution in [0.1, 0.15) is 48.9 Å². The molecule has 2 heterocycles. The van der Waals surface area contributed by atoms with E-state index in [1.54, 1.807) is 6.20 Å². The minimum Gasteiger partial charge on any atom is -0.393 e.